The van der Waals surface area contributed by atoms with E-state index in [-0.39, 0.29) is 24.2 Å². The van der Waals surface area contributed by atoms with Gasteiger partial charge in [0, 0.05) is 6.04 Å². The number of tetrazole rings is 1. The number of carbonyl (C=O) groups is 2. The van der Waals surface area contributed by atoms with Gasteiger partial charge in [-0.15, -0.1) is 5.10 Å². The molecule has 0 aromatic carbocycles. The lowest BCUT2D eigenvalue weighted by Crippen LogP contribution is -2.38. The zero-order valence-electron chi connectivity index (χ0n) is 10.8. The quantitative estimate of drug-likeness (QED) is 0.716. The van der Waals surface area contributed by atoms with Gasteiger partial charge in [-0.25, -0.2) is 4.68 Å². The molecule has 8 nitrogen and oxygen atoms in total. The third kappa shape index (κ3) is 3.09. The fourth-order valence-electron chi connectivity index (χ4n) is 1.99. The number of thioether (sulfide) groups is 1. The molecule has 2 aliphatic rings. The Labute approximate surface area is 119 Å². The first-order chi connectivity index (χ1) is 9.65. The fraction of sp³-hybridized carbons (Fsp3) is 0.727. The number of amides is 1. The Morgan fingerprint density at radius 3 is 2.70 bits per heavy atom. The van der Waals surface area contributed by atoms with Gasteiger partial charge >= 0.3 is 5.97 Å². The number of hydrogen-bond donors (Lipinski definition) is 1. The summed E-state index contributed by atoms with van der Waals surface area (Å²) in [6, 6.07) is 0.458. The summed E-state index contributed by atoms with van der Waals surface area (Å²) >= 11 is 1.27. The number of carboxylic acid groups (broad SMARTS) is 1. The molecule has 2 saturated carbocycles. The Hall–Kier alpha value is -1.64. The van der Waals surface area contributed by atoms with Crippen LogP contribution in [-0.2, 0) is 9.59 Å². The molecule has 1 aromatic rings. The lowest BCUT2D eigenvalue weighted by Gasteiger charge is -2.19. The van der Waals surface area contributed by atoms with Gasteiger partial charge in [0.2, 0.25) is 11.1 Å². The maximum atomic E-state index is 12.1. The number of aliphatic carboxylic acids is 1. The first kappa shape index (κ1) is 13.3. The summed E-state index contributed by atoms with van der Waals surface area (Å²) in [6.45, 7) is -0.225. The average molecular weight is 297 g/mol. The number of carboxylic acids is 1. The topological polar surface area (TPSA) is 101 Å². The first-order valence-electron chi connectivity index (χ1n) is 6.57. The molecule has 0 aliphatic heterocycles. The molecular weight excluding hydrogens is 282 g/mol. The van der Waals surface area contributed by atoms with Crippen molar-refractivity contribution in [2.45, 2.75) is 42.9 Å². The molecular formula is C11H15N5O3S. The third-order valence-corrected chi connectivity index (χ3v) is 4.21. The van der Waals surface area contributed by atoms with E-state index in [4.69, 9.17) is 5.11 Å². The molecule has 0 spiro atoms. The van der Waals surface area contributed by atoms with Crippen LogP contribution in [-0.4, -0.2) is 60.4 Å². The van der Waals surface area contributed by atoms with Crippen LogP contribution in [0.3, 0.4) is 0 Å². The third-order valence-electron chi connectivity index (χ3n) is 3.29. The summed E-state index contributed by atoms with van der Waals surface area (Å²) in [6.07, 6.45) is 3.92. The van der Waals surface area contributed by atoms with E-state index in [1.165, 1.54) is 16.7 Å². The summed E-state index contributed by atoms with van der Waals surface area (Å²) in [4.78, 5) is 24.4. The molecule has 0 atom stereocenters. The van der Waals surface area contributed by atoms with Crippen molar-refractivity contribution < 1.29 is 14.7 Å². The van der Waals surface area contributed by atoms with Crippen LogP contribution in [0, 0.1) is 0 Å². The molecule has 1 N–H and O–H groups in total. The van der Waals surface area contributed by atoms with E-state index in [1.54, 1.807) is 4.68 Å². The maximum absolute atomic E-state index is 12.1. The molecule has 108 valence electrons. The van der Waals surface area contributed by atoms with Gasteiger partial charge in [0.25, 0.3) is 0 Å². The summed E-state index contributed by atoms with van der Waals surface area (Å²) < 4.78 is 1.75. The lowest BCUT2D eigenvalue weighted by molar-refractivity contribution is -0.143. The van der Waals surface area contributed by atoms with Gasteiger partial charge < -0.3 is 10.0 Å². The van der Waals surface area contributed by atoms with E-state index < -0.39 is 5.97 Å². The second kappa shape index (κ2) is 5.39. The van der Waals surface area contributed by atoms with Crippen LogP contribution in [0.4, 0.5) is 0 Å². The van der Waals surface area contributed by atoms with Gasteiger partial charge in [-0.2, -0.15) is 0 Å². The Bertz CT molecular complexity index is 526. The maximum Gasteiger partial charge on any atom is 0.323 e. The Balaban J connectivity index is 1.57. The van der Waals surface area contributed by atoms with Crippen molar-refractivity contribution in [2.75, 3.05) is 12.3 Å². The van der Waals surface area contributed by atoms with Gasteiger partial charge in [-0.3, -0.25) is 9.59 Å². The van der Waals surface area contributed by atoms with Crippen molar-refractivity contribution in [3.63, 3.8) is 0 Å². The van der Waals surface area contributed by atoms with Crippen LogP contribution < -0.4 is 0 Å². The molecule has 0 unspecified atom stereocenters. The van der Waals surface area contributed by atoms with Crippen molar-refractivity contribution in [1.82, 2.24) is 25.1 Å². The van der Waals surface area contributed by atoms with Gasteiger partial charge in [0.1, 0.15) is 6.54 Å². The zero-order valence-corrected chi connectivity index (χ0v) is 11.6. The number of hydrogen-bond acceptors (Lipinski definition) is 6. The lowest BCUT2D eigenvalue weighted by atomic mass is 10.4. The van der Waals surface area contributed by atoms with Crippen LogP contribution in [0.15, 0.2) is 5.16 Å². The second-order valence-corrected chi connectivity index (χ2v) is 6.01. The monoisotopic (exact) mass is 297 g/mol. The SMILES string of the molecule is O=C(O)CN(C(=O)CSc1nnnn1C1CC1)C1CC1. The van der Waals surface area contributed by atoms with E-state index in [9.17, 15) is 9.59 Å². The number of aromatic nitrogens is 4. The van der Waals surface area contributed by atoms with E-state index in [0.717, 1.165) is 25.7 Å². The fourth-order valence-corrected chi connectivity index (χ4v) is 2.82. The molecule has 1 amide bonds. The standard InChI is InChI=1S/C11H15N5O3S/c17-9(15(5-10(18)19)7-1-2-7)6-20-11-12-13-14-16(11)8-3-4-8/h7-8H,1-6H2,(H,18,19). The summed E-state index contributed by atoms with van der Waals surface area (Å²) in [7, 11) is 0. The van der Waals surface area contributed by atoms with Gasteiger partial charge in [-0.1, -0.05) is 11.8 Å². The second-order valence-electron chi connectivity index (χ2n) is 5.07. The smallest absolute Gasteiger partial charge is 0.323 e. The van der Waals surface area contributed by atoms with Gasteiger partial charge in [0.15, 0.2) is 0 Å². The first-order valence-corrected chi connectivity index (χ1v) is 7.55. The largest absolute Gasteiger partial charge is 0.480 e. The molecule has 1 aromatic heterocycles. The molecule has 0 bridgehead atoms. The average Bonchev–Trinajstić information content (AvgIpc) is 3.32. The minimum absolute atomic E-state index is 0.0960. The molecule has 0 radical (unpaired) electrons. The highest BCUT2D eigenvalue weighted by Gasteiger charge is 2.34. The van der Waals surface area contributed by atoms with Crippen molar-refractivity contribution in [3.05, 3.63) is 0 Å². The molecule has 9 heteroatoms. The van der Waals surface area contributed by atoms with Crippen LogP contribution in [0.1, 0.15) is 31.7 Å². The molecule has 1 heterocycles. The highest BCUT2D eigenvalue weighted by molar-refractivity contribution is 7.99. The highest BCUT2D eigenvalue weighted by atomic mass is 32.2. The predicted octanol–water partition coefficient (Wildman–Crippen LogP) is 0.176. The molecule has 3 rings (SSSR count). The minimum Gasteiger partial charge on any atom is -0.480 e. The Morgan fingerprint density at radius 1 is 1.35 bits per heavy atom. The summed E-state index contributed by atoms with van der Waals surface area (Å²) in [5, 5.41) is 20.9. The predicted molar refractivity (Wildman–Crippen MR) is 69.2 cm³/mol. The molecule has 0 saturated heterocycles. The van der Waals surface area contributed by atoms with Crippen molar-refractivity contribution in [3.8, 4) is 0 Å². The van der Waals surface area contributed by atoms with Crippen LogP contribution >= 0.6 is 11.8 Å². The summed E-state index contributed by atoms with van der Waals surface area (Å²) in [5.74, 6) is -0.958. The van der Waals surface area contributed by atoms with Crippen molar-refractivity contribution in [2.24, 2.45) is 0 Å². The van der Waals surface area contributed by atoms with Crippen molar-refractivity contribution in [1.29, 1.82) is 0 Å². The van der Waals surface area contributed by atoms with Crippen LogP contribution in [0.2, 0.25) is 0 Å². The zero-order chi connectivity index (χ0) is 14.1. The Kier molecular flexibility index (Phi) is 3.60. The van der Waals surface area contributed by atoms with Gasteiger partial charge in [0.05, 0.1) is 11.8 Å². The highest BCUT2D eigenvalue weighted by Crippen LogP contribution is 2.36. The van der Waals surface area contributed by atoms with Crippen molar-refractivity contribution >= 4 is 23.6 Å². The minimum atomic E-state index is -0.974. The van der Waals surface area contributed by atoms with E-state index in [1.807, 2.05) is 0 Å². The Morgan fingerprint density at radius 2 is 2.10 bits per heavy atom. The number of nitrogens with zero attached hydrogens (tertiary/aromatic N) is 5. The van der Waals surface area contributed by atoms with Crippen LogP contribution in [0.5, 0.6) is 0 Å². The number of rotatable bonds is 7. The van der Waals surface area contributed by atoms with E-state index in [0.29, 0.717) is 11.2 Å². The number of carbonyl (C=O) groups excluding carboxylic acids is 1. The normalized spacial score (nSPS) is 18.0. The molecule has 20 heavy (non-hydrogen) atoms. The summed E-state index contributed by atoms with van der Waals surface area (Å²) in [5.41, 5.74) is 0. The molecule has 2 aliphatic carbocycles. The molecule has 2 fully saturated rings. The van der Waals surface area contributed by atoms with E-state index in [2.05, 4.69) is 15.5 Å². The van der Waals surface area contributed by atoms with E-state index >= 15 is 0 Å². The van der Waals surface area contributed by atoms with Crippen LogP contribution in [0.25, 0.3) is 0 Å². The van der Waals surface area contributed by atoms with Gasteiger partial charge in [-0.05, 0) is 36.1 Å².